The molecule has 0 N–H and O–H groups in total. The predicted molar refractivity (Wildman–Crippen MR) is 120 cm³/mol. The van der Waals surface area contributed by atoms with E-state index in [4.69, 9.17) is 9.52 Å². The van der Waals surface area contributed by atoms with E-state index in [1.165, 1.54) is 18.6 Å². The van der Waals surface area contributed by atoms with Crippen LogP contribution in [0.15, 0.2) is 39.0 Å². The topological polar surface area (TPSA) is 61.9 Å². The maximum Gasteiger partial charge on any atom is 0.170 e. The van der Waals surface area contributed by atoms with E-state index >= 15 is 0 Å². The van der Waals surface area contributed by atoms with Gasteiger partial charge in [-0.2, -0.15) is 0 Å². The molecule has 2 aromatic rings. The Morgan fingerprint density at radius 3 is 2.84 bits per heavy atom. The number of rotatable bonds is 6. The molecule has 2 saturated heterocycles. The Bertz CT molecular complexity index is 989. The molecule has 0 unspecified atom stereocenters. The van der Waals surface area contributed by atoms with E-state index in [0.717, 1.165) is 86.3 Å². The van der Waals surface area contributed by atoms with Gasteiger partial charge < -0.3 is 14.3 Å². The summed E-state index contributed by atoms with van der Waals surface area (Å²) < 4.78 is 18.7. The second-order valence-electron chi connectivity index (χ2n) is 8.71. The number of amidine groups is 1. The Kier molecular flexibility index (Phi) is 6.80. The molecule has 2 fully saturated rings. The molecule has 7 heteroatoms. The average molecular weight is 427 g/mol. The smallest absolute Gasteiger partial charge is 0.170 e. The zero-order valence-corrected chi connectivity index (χ0v) is 18.4. The number of fused-ring (bicyclic) bond motifs is 1. The Balaban J connectivity index is 1.34. The Labute approximate surface area is 182 Å². The summed E-state index contributed by atoms with van der Waals surface area (Å²) in [5.74, 6) is 1.10. The molecular formula is C24H31FN4O2. The molecule has 166 valence electrons. The van der Waals surface area contributed by atoms with E-state index < -0.39 is 0 Å². The van der Waals surface area contributed by atoms with Gasteiger partial charge in [0.1, 0.15) is 17.9 Å². The lowest BCUT2D eigenvalue weighted by Crippen LogP contribution is -2.34. The predicted octanol–water partition coefficient (Wildman–Crippen LogP) is 4.52. The van der Waals surface area contributed by atoms with Crippen molar-refractivity contribution in [2.24, 2.45) is 4.99 Å². The first-order valence-electron chi connectivity index (χ1n) is 11.3. The Hall–Kier alpha value is -2.54. The van der Waals surface area contributed by atoms with Crippen molar-refractivity contribution in [2.45, 2.75) is 51.4 Å². The van der Waals surface area contributed by atoms with Crippen LogP contribution in [0.5, 0.6) is 0 Å². The van der Waals surface area contributed by atoms with Crippen LogP contribution in [0, 0.1) is 5.82 Å². The van der Waals surface area contributed by atoms with E-state index in [1.807, 2.05) is 6.92 Å². The lowest BCUT2D eigenvalue weighted by atomic mass is 9.91. The number of carbonyl (C=O) groups excluding carboxylic acids is 1. The first-order valence-corrected chi connectivity index (χ1v) is 11.3. The monoisotopic (exact) mass is 426 g/mol. The van der Waals surface area contributed by atoms with Gasteiger partial charge in [-0.3, -0.25) is 4.79 Å². The number of piperidine rings is 2. The lowest BCUT2D eigenvalue weighted by Gasteiger charge is -2.31. The average Bonchev–Trinajstić information content (AvgIpc) is 3.19. The first-order chi connectivity index (χ1) is 15.0. The summed E-state index contributed by atoms with van der Waals surface area (Å²) in [6, 6.07) is 4.62. The summed E-state index contributed by atoms with van der Waals surface area (Å²) >= 11 is 0. The van der Waals surface area contributed by atoms with Crippen LogP contribution < -0.4 is 0 Å². The van der Waals surface area contributed by atoms with Gasteiger partial charge in [0.25, 0.3) is 0 Å². The molecule has 0 bridgehead atoms. The summed E-state index contributed by atoms with van der Waals surface area (Å²) in [5, 5.41) is 5.14. The van der Waals surface area contributed by atoms with Crippen molar-refractivity contribution in [3.8, 4) is 0 Å². The fourth-order valence-electron chi connectivity index (χ4n) is 4.62. The number of aromatic nitrogens is 1. The van der Waals surface area contributed by atoms with E-state index in [1.54, 1.807) is 6.07 Å². The van der Waals surface area contributed by atoms with Crippen LogP contribution in [0.1, 0.15) is 57.1 Å². The van der Waals surface area contributed by atoms with E-state index in [-0.39, 0.29) is 5.82 Å². The summed E-state index contributed by atoms with van der Waals surface area (Å²) in [6.45, 7) is 5.73. The molecule has 0 atom stereocenters. The summed E-state index contributed by atoms with van der Waals surface area (Å²) in [5.41, 5.74) is 3.08. The van der Waals surface area contributed by atoms with Crippen molar-refractivity contribution in [2.75, 3.05) is 33.2 Å². The molecule has 2 aliphatic heterocycles. The molecule has 31 heavy (non-hydrogen) atoms. The number of carbonyl (C=O) groups is 1. The fraction of sp³-hybridized carbons (Fsp3) is 0.542. The molecule has 0 aliphatic carbocycles. The minimum absolute atomic E-state index is 0.306. The molecule has 0 radical (unpaired) electrons. The van der Waals surface area contributed by atoms with Gasteiger partial charge >= 0.3 is 0 Å². The normalized spacial score (nSPS) is 21.0. The quantitative estimate of drug-likeness (QED) is 0.502. The minimum atomic E-state index is -0.306. The molecule has 0 amide bonds. The number of halogens is 1. The third kappa shape index (κ3) is 5.03. The summed E-state index contributed by atoms with van der Waals surface area (Å²) in [4.78, 5) is 21.0. The van der Waals surface area contributed by atoms with Gasteiger partial charge in [0.2, 0.25) is 0 Å². The number of benzene rings is 1. The zero-order chi connectivity index (χ0) is 21.8. The largest absolute Gasteiger partial charge is 0.363 e. The van der Waals surface area contributed by atoms with Crippen LogP contribution in [0.4, 0.5) is 4.39 Å². The highest BCUT2D eigenvalue weighted by Gasteiger charge is 2.25. The third-order valence-electron chi connectivity index (χ3n) is 6.62. The maximum atomic E-state index is 13.4. The number of aldehydes is 1. The molecule has 0 saturated carbocycles. The number of nitrogens with zero attached hydrogens (tertiary/aromatic N) is 4. The van der Waals surface area contributed by atoms with Gasteiger partial charge in [-0.25, -0.2) is 9.38 Å². The van der Waals surface area contributed by atoms with E-state index in [9.17, 15) is 9.18 Å². The van der Waals surface area contributed by atoms with Crippen molar-refractivity contribution < 1.29 is 13.7 Å². The standard InChI is InChI=1S/C24H31FN4O2/c1-17(26-23-5-3-4-11-28(23)2)19(16-30)10-14-29-12-8-18(9-13-29)24-21-7-6-20(25)15-22(21)31-27-24/h6-7,15-16,18H,3-5,8-14H2,1-2H3/b19-17-,26-23?. The van der Waals surface area contributed by atoms with Crippen LogP contribution >= 0.6 is 0 Å². The SMILES string of the molecule is C/C(N=C1CCCCN1C)=C(/C=O)CCN1CCC(c2noc3cc(F)ccc23)CC1. The lowest BCUT2D eigenvalue weighted by molar-refractivity contribution is -0.105. The van der Waals surface area contributed by atoms with Crippen LogP contribution in [-0.2, 0) is 4.79 Å². The molecule has 2 aliphatic rings. The highest BCUT2D eigenvalue weighted by Crippen LogP contribution is 2.33. The second kappa shape index (κ2) is 9.73. The summed E-state index contributed by atoms with van der Waals surface area (Å²) in [6.07, 6.45) is 6.99. The van der Waals surface area contributed by atoms with Crippen LogP contribution in [-0.4, -0.2) is 60.3 Å². The van der Waals surface area contributed by atoms with Crippen LogP contribution in [0.2, 0.25) is 0 Å². The zero-order valence-electron chi connectivity index (χ0n) is 18.4. The van der Waals surface area contributed by atoms with Crippen LogP contribution in [0.3, 0.4) is 0 Å². The molecule has 4 rings (SSSR count). The van der Waals surface area contributed by atoms with Gasteiger partial charge in [0, 0.05) is 55.2 Å². The minimum Gasteiger partial charge on any atom is -0.363 e. The third-order valence-corrected chi connectivity index (χ3v) is 6.62. The number of hydrogen-bond acceptors (Lipinski definition) is 5. The van der Waals surface area contributed by atoms with Gasteiger partial charge in [0.05, 0.1) is 5.69 Å². The molecule has 6 nitrogen and oxygen atoms in total. The van der Waals surface area contributed by atoms with Crippen molar-refractivity contribution in [1.82, 2.24) is 15.0 Å². The second-order valence-corrected chi connectivity index (χ2v) is 8.71. The molecule has 1 aromatic carbocycles. The highest BCUT2D eigenvalue weighted by atomic mass is 19.1. The van der Waals surface area contributed by atoms with E-state index in [2.05, 4.69) is 22.0 Å². The highest BCUT2D eigenvalue weighted by molar-refractivity contribution is 5.85. The fourth-order valence-corrected chi connectivity index (χ4v) is 4.62. The molecule has 3 heterocycles. The molecular weight excluding hydrogens is 395 g/mol. The van der Waals surface area contributed by atoms with Gasteiger partial charge in [-0.1, -0.05) is 5.16 Å². The van der Waals surface area contributed by atoms with Gasteiger partial charge in [-0.05, 0) is 64.3 Å². The first kappa shape index (κ1) is 21.7. The number of aliphatic imine (C=N–C) groups is 1. The van der Waals surface area contributed by atoms with Crippen LogP contribution in [0.25, 0.3) is 11.0 Å². The van der Waals surface area contributed by atoms with E-state index in [0.29, 0.717) is 17.9 Å². The van der Waals surface area contributed by atoms with Crippen molar-refractivity contribution >= 4 is 23.1 Å². The van der Waals surface area contributed by atoms with Gasteiger partial charge in [0.15, 0.2) is 5.58 Å². The maximum absolute atomic E-state index is 13.4. The Morgan fingerprint density at radius 2 is 2.10 bits per heavy atom. The van der Waals surface area contributed by atoms with Crippen molar-refractivity contribution in [3.63, 3.8) is 0 Å². The van der Waals surface area contributed by atoms with Crippen molar-refractivity contribution in [3.05, 3.63) is 41.0 Å². The molecule has 1 aromatic heterocycles. The van der Waals surface area contributed by atoms with Crippen molar-refractivity contribution in [1.29, 1.82) is 0 Å². The summed E-state index contributed by atoms with van der Waals surface area (Å²) in [7, 11) is 2.07. The van der Waals surface area contributed by atoms with Gasteiger partial charge in [-0.15, -0.1) is 0 Å². The number of hydrogen-bond donors (Lipinski definition) is 0. The number of likely N-dealkylation sites (tertiary alicyclic amines) is 2. The molecule has 0 spiro atoms. The number of allylic oxidation sites excluding steroid dienone is 1. The Morgan fingerprint density at radius 1 is 1.29 bits per heavy atom.